The van der Waals surface area contributed by atoms with E-state index in [1.165, 1.54) is 0 Å². The Morgan fingerprint density at radius 3 is 2.66 bits per heavy atom. The second-order valence-corrected chi connectivity index (χ2v) is 7.96. The van der Waals surface area contributed by atoms with Crippen LogP contribution in [0.3, 0.4) is 0 Å². The molecule has 1 saturated heterocycles. The summed E-state index contributed by atoms with van der Waals surface area (Å²) < 4.78 is 20.1. The molecule has 4 rings (SSSR count). The van der Waals surface area contributed by atoms with Crippen molar-refractivity contribution in [3.05, 3.63) is 54.5 Å². The van der Waals surface area contributed by atoms with Crippen LogP contribution in [0.1, 0.15) is 5.69 Å². The van der Waals surface area contributed by atoms with Gasteiger partial charge < -0.3 is 9.64 Å². The minimum Gasteiger partial charge on any atom is -0.378 e. The standard InChI is InChI=1S/C21H23N5O2S/c1-15-5-6-16(14-23-15)17-12-19(18-4-3-7-22-21(18)25-29(2)27)24-20(13-17)26-8-10-28-11-9-26/h3-7,12-14H,8-11H2,1-2H3,(H,22,25). The first kappa shape index (κ1) is 19.5. The molecule has 3 aromatic rings. The Morgan fingerprint density at radius 2 is 1.93 bits per heavy atom. The van der Waals surface area contributed by atoms with Gasteiger partial charge in [-0.15, -0.1) is 0 Å². The van der Waals surface area contributed by atoms with Crippen LogP contribution in [0.4, 0.5) is 11.6 Å². The fraction of sp³-hybridized carbons (Fsp3) is 0.286. The van der Waals surface area contributed by atoms with Crippen LogP contribution in [0.15, 0.2) is 48.8 Å². The Balaban J connectivity index is 1.84. The van der Waals surface area contributed by atoms with Gasteiger partial charge in [0.2, 0.25) is 0 Å². The van der Waals surface area contributed by atoms with Gasteiger partial charge in [-0.1, -0.05) is 6.07 Å². The largest absolute Gasteiger partial charge is 0.378 e. The number of aromatic nitrogens is 3. The smallest absolute Gasteiger partial charge is 0.147 e. The molecule has 7 nitrogen and oxygen atoms in total. The van der Waals surface area contributed by atoms with Gasteiger partial charge in [-0.2, -0.15) is 0 Å². The summed E-state index contributed by atoms with van der Waals surface area (Å²) in [5, 5.41) is 0. The first-order valence-electron chi connectivity index (χ1n) is 9.43. The van der Waals surface area contributed by atoms with Crippen LogP contribution < -0.4 is 9.62 Å². The van der Waals surface area contributed by atoms with E-state index in [-0.39, 0.29) is 0 Å². The lowest BCUT2D eigenvalue weighted by molar-refractivity contribution is 0.122. The van der Waals surface area contributed by atoms with Crippen LogP contribution in [0.5, 0.6) is 0 Å². The molecule has 1 fully saturated rings. The molecule has 150 valence electrons. The third-order valence-corrected chi connectivity index (χ3v) is 5.20. The molecule has 3 aromatic heterocycles. The summed E-state index contributed by atoms with van der Waals surface area (Å²) in [6.45, 7) is 4.92. The molecule has 1 N–H and O–H groups in total. The van der Waals surface area contributed by atoms with Crippen LogP contribution >= 0.6 is 0 Å². The van der Waals surface area contributed by atoms with Gasteiger partial charge in [0.05, 0.1) is 18.9 Å². The van der Waals surface area contributed by atoms with Crippen molar-refractivity contribution in [2.75, 3.05) is 42.2 Å². The van der Waals surface area contributed by atoms with Crippen LogP contribution in [-0.4, -0.2) is 51.7 Å². The van der Waals surface area contributed by atoms with Crippen molar-refractivity contribution in [1.29, 1.82) is 0 Å². The summed E-state index contributed by atoms with van der Waals surface area (Å²) in [6.07, 6.45) is 5.13. The number of ether oxygens (including phenoxy) is 1. The van der Waals surface area contributed by atoms with E-state index in [0.717, 1.165) is 47.0 Å². The van der Waals surface area contributed by atoms with Gasteiger partial charge in [0, 0.05) is 48.6 Å². The van der Waals surface area contributed by atoms with Gasteiger partial charge in [-0.25, -0.2) is 14.2 Å². The summed E-state index contributed by atoms with van der Waals surface area (Å²) in [6, 6.07) is 12.0. The molecule has 1 atom stereocenters. The lowest BCUT2D eigenvalue weighted by Crippen LogP contribution is -2.36. The number of hydrogen-bond acceptors (Lipinski definition) is 6. The monoisotopic (exact) mass is 409 g/mol. The molecule has 0 radical (unpaired) electrons. The van der Waals surface area contributed by atoms with E-state index in [9.17, 15) is 4.21 Å². The van der Waals surface area contributed by atoms with E-state index >= 15 is 0 Å². The Morgan fingerprint density at radius 1 is 1.10 bits per heavy atom. The van der Waals surface area contributed by atoms with Gasteiger partial charge in [0.25, 0.3) is 0 Å². The summed E-state index contributed by atoms with van der Waals surface area (Å²) in [5.74, 6) is 1.43. The number of anilines is 2. The van der Waals surface area contributed by atoms with Crippen molar-refractivity contribution in [2.45, 2.75) is 6.92 Å². The highest BCUT2D eigenvalue weighted by Crippen LogP contribution is 2.32. The summed E-state index contributed by atoms with van der Waals surface area (Å²) in [5.41, 5.74) is 4.59. The average Bonchev–Trinajstić information content (AvgIpc) is 2.74. The van der Waals surface area contributed by atoms with Crippen molar-refractivity contribution in [2.24, 2.45) is 0 Å². The Kier molecular flexibility index (Phi) is 5.82. The number of pyridine rings is 3. The van der Waals surface area contributed by atoms with Gasteiger partial charge in [0.15, 0.2) is 0 Å². The van der Waals surface area contributed by atoms with Crippen LogP contribution in [-0.2, 0) is 15.7 Å². The Labute approximate surface area is 172 Å². The molecular weight excluding hydrogens is 386 g/mol. The van der Waals surface area contributed by atoms with Crippen LogP contribution in [0.25, 0.3) is 22.4 Å². The van der Waals surface area contributed by atoms with Gasteiger partial charge in [0.1, 0.15) is 22.6 Å². The molecule has 1 aliphatic heterocycles. The van der Waals surface area contributed by atoms with Crippen molar-refractivity contribution in [3.63, 3.8) is 0 Å². The minimum atomic E-state index is -1.23. The SMILES string of the molecule is Cc1ccc(-c2cc(-c3cccnc3NS(C)=O)nc(N3CCOCC3)c2)cn1. The van der Waals surface area contributed by atoms with Gasteiger partial charge in [-0.3, -0.25) is 9.71 Å². The molecule has 1 unspecified atom stereocenters. The first-order chi connectivity index (χ1) is 14.1. The molecule has 8 heteroatoms. The van der Waals surface area contributed by atoms with E-state index in [2.05, 4.69) is 31.7 Å². The van der Waals surface area contributed by atoms with E-state index in [1.807, 2.05) is 37.4 Å². The normalized spacial score (nSPS) is 15.2. The van der Waals surface area contributed by atoms with E-state index in [0.29, 0.717) is 19.0 Å². The molecule has 0 bridgehead atoms. The fourth-order valence-electron chi connectivity index (χ4n) is 3.24. The molecule has 0 amide bonds. The van der Waals surface area contributed by atoms with E-state index < -0.39 is 11.0 Å². The molecule has 0 aromatic carbocycles. The predicted molar refractivity (Wildman–Crippen MR) is 116 cm³/mol. The highest BCUT2D eigenvalue weighted by Gasteiger charge is 2.17. The number of hydrogen-bond donors (Lipinski definition) is 1. The molecular formula is C21H23N5O2S. The molecule has 1 aliphatic rings. The molecule has 0 saturated carbocycles. The first-order valence-corrected chi connectivity index (χ1v) is 11.0. The predicted octanol–water partition coefficient (Wildman–Crippen LogP) is 3.06. The minimum absolute atomic E-state index is 0.549. The lowest BCUT2D eigenvalue weighted by Gasteiger charge is -2.28. The second-order valence-electron chi connectivity index (χ2n) is 6.84. The molecule has 0 aliphatic carbocycles. The number of nitrogens with one attached hydrogen (secondary N) is 1. The van der Waals surface area contributed by atoms with Crippen LogP contribution in [0.2, 0.25) is 0 Å². The number of rotatable bonds is 5. The molecule has 4 heterocycles. The zero-order valence-electron chi connectivity index (χ0n) is 16.5. The van der Waals surface area contributed by atoms with E-state index in [1.54, 1.807) is 12.5 Å². The van der Waals surface area contributed by atoms with Crippen molar-refractivity contribution >= 4 is 22.6 Å². The van der Waals surface area contributed by atoms with Crippen molar-refractivity contribution in [3.8, 4) is 22.4 Å². The maximum Gasteiger partial charge on any atom is 0.147 e. The zero-order valence-corrected chi connectivity index (χ0v) is 17.3. The summed E-state index contributed by atoms with van der Waals surface area (Å²) in [4.78, 5) is 15.9. The molecule has 0 spiro atoms. The quantitative estimate of drug-likeness (QED) is 0.698. The average molecular weight is 410 g/mol. The topological polar surface area (TPSA) is 80.2 Å². The zero-order chi connectivity index (χ0) is 20.2. The van der Waals surface area contributed by atoms with Crippen LogP contribution in [0, 0.1) is 6.92 Å². The Hall–Kier alpha value is -2.84. The number of aryl methyl sites for hydroxylation is 1. The highest BCUT2D eigenvalue weighted by molar-refractivity contribution is 7.85. The maximum atomic E-state index is 11.7. The van der Waals surface area contributed by atoms with Crippen molar-refractivity contribution in [1.82, 2.24) is 15.0 Å². The summed E-state index contributed by atoms with van der Waals surface area (Å²) in [7, 11) is -1.23. The lowest BCUT2D eigenvalue weighted by atomic mass is 10.0. The second kappa shape index (κ2) is 8.67. The van der Waals surface area contributed by atoms with E-state index in [4.69, 9.17) is 9.72 Å². The third-order valence-electron chi connectivity index (χ3n) is 4.72. The number of morpholine rings is 1. The number of nitrogens with zero attached hydrogens (tertiary/aromatic N) is 4. The Bertz CT molecular complexity index is 1020. The maximum absolute atomic E-state index is 11.7. The highest BCUT2D eigenvalue weighted by atomic mass is 32.2. The van der Waals surface area contributed by atoms with Gasteiger partial charge in [-0.05, 0) is 42.8 Å². The molecule has 29 heavy (non-hydrogen) atoms. The summed E-state index contributed by atoms with van der Waals surface area (Å²) >= 11 is 0. The van der Waals surface area contributed by atoms with Crippen molar-refractivity contribution < 1.29 is 8.95 Å². The third kappa shape index (κ3) is 4.60. The fourth-order valence-corrected chi connectivity index (χ4v) is 3.68. The van der Waals surface area contributed by atoms with Gasteiger partial charge >= 0.3 is 0 Å².